The first-order valence-electron chi connectivity index (χ1n) is 8.48. The summed E-state index contributed by atoms with van der Waals surface area (Å²) in [6.07, 6.45) is 4.00. The summed E-state index contributed by atoms with van der Waals surface area (Å²) in [7, 11) is 1.66. The summed E-state index contributed by atoms with van der Waals surface area (Å²) in [5.41, 5.74) is 1.39. The summed E-state index contributed by atoms with van der Waals surface area (Å²) in [4.78, 5) is 12.9. The summed E-state index contributed by atoms with van der Waals surface area (Å²) >= 11 is 0. The zero-order chi connectivity index (χ0) is 16.3. The van der Waals surface area contributed by atoms with Crippen LogP contribution < -0.4 is 4.74 Å². The van der Waals surface area contributed by atoms with Gasteiger partial charge in [-0.2, -0.15) is 0 Å². The van der Waals surface area contributed by atoms with E-state index in [1.54, 1.807) is 7.11 Å². The van der Waals surface area contributed by atoms with Gasteiger partial charge in [-0.25, -0.2) is 0 Å². The first-order chi connectivity index (χ1) is 10.3. The maximum atomic E-state index is 12.9. The SMILES string of the molecule is COc1ccc(CC(=O)C2CC(C)(C)CCC2C(C)C)cc1. The summed E-state index contributed by atoms with van der Waals surface area (Å²) in [6.45, 7) is 9.13. The fourth-order valence-electron chi connectivity index (χ4n) is 3.83. The van der Waals surface area contributed by atoms with Crippen molar-refractivity contribution in [3.05, 3.63) is 29.8 Å². The van der Waals surface area contributed by atoms with Crippen LogP contribution in [-0.2, 0) is 11.2 Å². The molecule has 0 N–H and O–H groups in total. The van der Waals surface area contributed by atoms with Crippen LogP contribution in [0.3, 0.4) is 0 Å². The number of methoxy groups -OCH3 is 1. The largest absolute Gasteiger partial charge is 0.497 e. The van der Waals surface area contributed by atoms with E-state index in [4.69, 9.17) is 4.74 Å². The highest BCUT2D eigenvalue weighted by Gasteiger charge is 2.39. The van der Waals surface area contributed by atoms with Gasteiger partial charge in [0, 0.05) is 12.3 Å². The monoisotopic (exact) mass is 302 g/mol. The van der Waals surface area contributed by atoms with Crippen molar-refractivity contribution in [2.24, 2.45) is 23.2 Å². The van der Waals surface area contributed by atoms with Crippen molar-refractivity contribution >= 4 is 5.78 Å². The molecule has 1 fully saturated rings. The molecule has 1 saturated carbocycles. The van der Waals surface area contributed by atoms with Crippen molar-refractivity contribution in [3.63, 3.8) is 0 Å². The molecule has 0 aromatic heterocycles. The maximum absolute atomic E-state index is 12.9. The van der Waals surface area contributed by atoms with Gasteiger partial charge in [0.25, 0.3) is 0 Å². The van der Waals surface area contributed by atoms with Gasteiger partial charge in [0.05, 0.1) is 7.11 Å². The number of carbonyl (C=O) groups is 1. The molecule has 0 spiro atoms. The Bertz CT molecular complexity index is 499. The van der Waals surface area contributed by atoms with Crippen molar-refractivity contribution < 1.29 is 9.53 Å². The molecule has 2 rings (SSSR count). The molecule has 1 aliphatic carbocycles. The van der Waals surface area contributed by atoms with E-state index in [2.05, 4.69) is 27.7 Å². The Balaban J connectivity index is 2.10. The lowest BCUT2D eigenvalue weighted by atomic mass is 9.62. The molecule has 2 unspecified atom stereocenters. The molecular weight excluding hydrogens is 272 g/mol. The van der Waals surface area contributed by atoms with Gasteiger partial charge in [-0.15, -0.1) is 0 Å². The standard InChI is InChI=1S/C20H30O2/c1-14(2)17-10-11-20(3,4)13-18(17)19(21)12-15-6-8-16(22-5)9-7-15/h6-9,14,17-18H,10-13H2,1-5H3. The number of hydrogen-bond acceptors (Lipinski definition) is 2. The molecule has 1 aromatic rings. The molecule has 2 heteroatoms. The Hall–Kier alpha value is -1.31. The van der Waals surface area contributed by atoms with Gasteiger partial charge in [0.1, 0.15) is 11.5 Å². The highest BCUT2D eigenvalue weighted by atomic mass is 16.5. The van der Waals surface area contributed by atoms with E-state index in [0.29, 0.717) is 29.5 Å². The van der Waals surface area contributed by atoms with Crippen molar-refractivity contribution in [2.45, 2.75) is 53.4 Å². The van der Waals surface area contributed by atoms with Crippen LogP contribution in [-0.4, -0.2) is 12.9 Å². The van der Waals surface area contributed by atoms with Crippen molar-refractivity contribution in [1.82, 2.24) is 0 Å². The molecule has 1 aliphatic rings. The quantitative estimate of drug-likeness (QED) is 0.773. The van der Waals surface area contributed by atoms with E-state index < -0.39 is 0 Å². The van der Waals surface area contributed by atoms with Crippen molar-refractivity contribution in [2.75, 3.05) is 7.11 Å². The Kier molecular flexibility index (Phi) is 5.31. The molecule has 0 heterocycles. The molecule has 2 atom stereocenters. The first kappa shape index (κ1) is 17.1. The molecule has 0 amide bonds. The van der Waals surface area contributed by atoms with E-state index in [-0.39, 0.29) is 5.92 Å². The number of ketones is 1. The van der Waals surface area contributed by atoms with E-state index in [1.165, 1.54) is 12.8 Å². The fourth-order valence-corrected chi connectivity index (χ4v) is 3.83. The third kappa shape index (κ3) is 4.12. The molecule has 1 aromatic carbocycles. The zero-order valence-electron chi connectivity index (χ0n) is 14.7. The van der Waals surface area contributed by atoms with Crippen LogP contribution in [0.2, 0.25) is 0 Å². The van der Waals surface area contributed by atoms with Gasteiger partial charge in [-0.1, -0.05) is 39.8 Å². The van der Waals surface area contributed by atoms with Crippen LogP contribution in [0.1, 0.15) is 52.5 Å². The highest BCUT2D eigenvalue weighted by molar-refractivity contribution is 5.83. The number of Topliss-reactive ketones (excluding diaryl/α,β-unsaturated/α-hetero) is 1. The zero-order valence-corrected chi connectivity index (χ0v) is 14.7. The normalized spacial score (nSPS) is 24.3. The first-order valence-corrected chi connectivity index (χ1v) is 8.48. The van der Waals surface area contributed by atoms with Crippen molar-refractivity contribution in [1.29, 1.82) is 0 Å². The topological polar surface area (TPSA) is 26.3 Å². The lowest BCUT2D eigenvalue weighted by molar-refractivity contribution is -0.127. The molecule has 0 aliphatic heterocycles. The van der Waals surface area contributed by atoms with E-state index >= 15 is 0 Å². The highest BCUT2D eigenvalue weighted by Crippen LogP contribution is 2.45. The molecule has 0 radical (unpaired) electrons. The lowest BCUT2D eigenvalue weighted by Crippen LogP contribution is -2.37. The molecule has 0 saturated heterocycles. The van der Waals surface area contributed by atoms with Crippen LogP contribution in [0.5, 0.6) is 5.75 Å². The Labute approximate surface area is 135 Å². The third-order valence-electron chi connectivity index (χ3n) is 5.25. The van der Waals surface area contributed by atoms with Gasteiger partial charge >= 0.3 is 0 Å². The Morgan fingerprint density at radius 1 is 1.27 bits per heavy atom. The Morgan fingerprint density at radius 3 is 2.45 bits per heavy atom. The maximum Gasteiger partial charge on any atom is 0.140 e. The molecule has 2 nitrogen and oxygen atoms in total. The number of carbonyl (C=O) groups excluding carboxylic acids is 1. The van der Waals surface area contributed by atoms with E-state index in [9.17, 15) is 4.79 Å². The van der Waals surface area contributed by atoms with E-state index in [1.807, 2.05) is 24.3 Å². The minimum atomic E-state index is 0.214. The predicted molar refractivity (Wildman–Crippen MR) is 91.2 cm³/mol. The second-order valence-electron chi connectivity index (χ2n) is 7.91. The Morgan fingerprint density at radius 2 is 1.91 bits per heavy atom. The summed E-state index contributed by atoms with van der Waals surface area (Å²) in [5, 5.41) is 0. The minimum absolute atomic E-state index is 0.214. The van der Waals surface area contributed by atoms with Gasteiger partial charge < -0.3 is 4.74 Å². The van der Waals surface area contributed by atoms with Crippen LogP contribution in [0.15, 0.2) is 24.3 Å². The molecule has 0 bridgehead atoms. The van der Waals surface area contributed by atoms with E-state index in [0.717, 1.165) is 17.7 Å². The number of benzene rings is 1. The summed E-state index contributed by atoms with van der Waals surface area (Å²) in [6, 6.07) is 7.89. The average Bonchev–Trinajstić information content (AvgIpc) is 2.46. The van der Waals surface area contributed by atoms with Gasteiger partial charge in [-0.3, -0.25) is 4.79 Å². The van der Waals surface area contributed by atoms with Crippen molar-refractivity contribution in [3.8, 4) is 5.75 Å². The molecule has 122 valence electrons. The van der Waals surface area contributed by atoms with Crippen LogP contribution in [0.25, 0.3) is 0 Å². The van der Waals surface area contributed by atoms with Gasteiger partial charge in [-0.05, 0) is 54.2 Å². The fraction of sp³-hybridized carbons (Fsp3) is 0.650. The predicted octanol–water partition coefficient (Wildman–Crippen LogP) is 4.91. The summed E-state index contributed by atoms with van der Waals surface area (Å²) in [5.74, 6) is 2.59. The number of ether oxygens (including phenoxy) is 1. The second-order valence-corrected chi connectivity index (χ2v) is 7.91. The molecular formula is C20H30O2. The van der Waals surface area contributed by atoms with Gasteiger partial charge in [0.2, 0.25) is 0 Å². The number of rotatable bonds is 5. The van der Waals surface area contributed by atoms with Crippen LogP contribution in [0, 0.1) is 23.2 Å². The average molecular weight is 302 g/mol. The molecule has 22 heavy (non-hydrogen) atoms. The lowest BCUT2D eigenvalue weighted by Gasteiger charge is -2.42. The van der Waals surface area contributed by atoms with Crippen LogP contribution >= 0.6 is 0 Å². The smallest absolute Gasteiger partial charge is 0.140 e. The second kappa shape index (κ2) is 6.85. The number of hydrogen-bond donors (Lipinski definition) is 0. The van der Waals surface area contributed by atoms with Gasteiger partial charge in [0.15, 0.2) is 0 Å². The van der Waals surface area contributed by atoms with Crippen LogP contribution in [0.4, 0.5) is 0 Å². The minimum Gasteiger partial charge on any atom is -0.497 e. The third-order valence-corrected chi connectivity index (χ3v) is 5.25. The summed E-state index contributed by atoms with van der Waals surface area (Å²) < 4.78 is 5.18.